The topological polar surface area (TPSA) is 76.1 Å². The first-order chi connectivity index (χ1) is 16.0. The van der Waals surface area contributed by atoms with Crippen LogP contribution in [0.2, 0.25) is 0 Å². The smallest absolute Gasteiger partial charge is 0.295 e. The van der Waals surface area contributed by atoms with E-state index in [9.17, 15) is 14.7 Å². The van der Waals surface area contributed by atoms with E-state index in [1.54, 1.807) is 30.2 Å². The summed E-state index contributed by atoms with van der Waals surface area (Å²) in [6.07, 6.45) is 4.69. The average molecular weight is 450 g/mol. The SMILES string of the molecule is CCCOc1ccc(C2/C(=C(/O)c3ccc(OC)cc3C)C(=O)C(=O)N2C2CCCC2)cc1. The Morgan fingerprint density at radius 1 is 1.06 bits per heavy atom. The molecule has 1 aliphatic heterocycles. The lowest BCUT2D eigenvalue weighted by atomic mass is 9.93. The van der Waals surface area contributed by atoms with Crippen LogP contribution in [-0.2, 0) is 9.59 Å². The number of benzene rings is 2. The summed E-state index contributed by atoms with van der Waals surface area (Å²) in [4.78, 5) is 28.2. The van der Waals surface area contributed by atoms with E-state index >= 15 is 0 Å². The number of carbonyl (C=O) groups is 2. The van der Waals surface area contributed by atoms with Gasteiger partial charge in [-0.1, -0.05) is 31.9 Å². The lowest BCUT2D eigenvalue weighted by Gasteiger charge is -2.31. The Morgan fingerprint density at radius 2 is 1.73 bits per heavy atom. The highest BCUT2D eigenvalue weighted by atomic mass is 16.5. The summed E-state index contributed by atoms with van der Waals surface area (Å²) in [5.74, 6) is 0.0845. The highest BCUT2D eigenvalue weighted by molar-refractivity contribution is 6.46. The Morgan fingerprint density at radius 3 is 2.33 bits per heavy atom. The molecule has 33 heavy (non-hydrogen) atoms. The van der Waals surface area contributed by atoms with Crippen molar-refractivity contribution in [2.45, 2.75) is 58.0 Å². The third kappa shape index (κ3) is 4.34. The summed E-state index contributed by atoms with van der Waals surface area (Å²) >= 11 is 0. The molecule has 1 amide bonds. The molecule has 1 saturated heterocycles. The van der Waals surface area contributed by atoms with Gasteiger partial charge in [0.05, 0.1) is 25.3 Å². The van der Waals surface area contributed by atoms with Gasteiger partial charge in [0, 0.05) is 11.6 Å². The fraction of sp³-hybridized carbons (Fsp3) is 0.407. The van der Waals surface area contributed by atoms with Crippen molar-refractivity contribution in [3.63, 3.8) is 0 Å². The van der Waals surface area contributed by atoms with Crippen LogP contribution in [0.15, 0.2) is 48.0 Å². The van der Waals surface area contributed by atoms with E-state index in [2.05, 4.69) is 0 Å². The van der Waals surface area contributed by atoms with Crippen molar-refractivity contribution < 1.29 is 24.2 Å². The highest BCUT2D eigenvalue weighted by Crippen LogP contribution is 2.44. The maximum atomic E-state index is 13.3. The number of ketones is 1. The fourth-order valence-corrected chi connectivity index (χ4v) is 4.88. The molecule has 2 fully saturated rings. The van der Waals surface area contributed by atoms with Crippen molar-refractivity contribution in [3.8, 4) is 11.5 Å². The third-order valence-electron chi connectivity index (χ3n) is 6.56. The van der Waals surface area contributed by atoms with Crippen molar-refractivity contribution in [2.24, 2.45) is 0 Å². The molecule has 1 heterocycles. The largest absolute Gasteiger partial charge is 0.507 e. The van der Waals surface area contributed by atoms with Crippen LogP contribution in [-0.4, -0.2) is 41.5 Å². The summed E-state index contributed by atoms with van der Waals surface area (Å²) in [5, 5.41) is 11.3. The van der Waals surface area contributed by atoms with Gasteiger partial charge in [0.25, 0.3) is 11.7 Å². The molecular weight excluding hydrogens is 418 g/mol. The monoisotopic (exact) mass is 449 g/mol. The second kappa shape index (κ2) is 9.69. The molecule has 1 atom stereocenters. The fourth-order valence-electron chi connectivity index (χ4n) is 4.88. The zero-order valence-electron chi connectivity index (χ0n) is 19.5. The van der Waals surface area contributed by atoms with Crippen molar-refractivity contribution in [2.75, 3.05) is 13.7 Å². The summed E-state index contributed by atoms with van der Waals surface area (Å²) in [6.45, 7) is 4.51. The number of aliphatic hydroxyl groups excluding tert-OH is 1. The van der Waals surface area contributed by atoms with Crippen LogP contribution in [0, 0.1) is 6.92 Å². The molecule has 4 rings (SSSR count). The molecule has 174 valence electrons. The molecule has 2 aromatic carbocycles. The second-order valence-electron chi connectivity index (χ2n) is 8.74. The number of hydrogen-bond donors (Lipinski definition) is 1. The number of likely N-dealkylation sites (tertiary alicyclic amines) is 1. The van der Waals surface area contributed by atoms with Gasteiger partial charge < -0.3 is 19.5 Å². The first-order valence-electron chi connectivity index (χ1n) is 11.6. The summed E-state index contributed by atoms with van der Waals surface area (Å²) in [6, 6.07) is 12.1. The van der Waals surface area contributed by atoms with E-state index < -0.39 is 17.7 Å². The van der Waals surface area contributed by atoms with Crippen LogP contribution in [0.5, 0.6) is 11.5 Å². The van der Waals surface area contributed by atoms with E-state index in [-0.39, 0.29) is 17.4 Å². The van der Waals surface area contributed by atoms with Gasteiger partial charge in [0.1, 0.15) is 17.3 Å². The van der Waals surface area contributed by atoms with Gasteiger partial charge in [-0.15, -0.1) is 0 Å². The van der Waals surface area contributed by atoms with E-state index in [0.717, 1.165) is 49.0 Å². The predicted molar refractivity (Wildman–Crippen MR) is 126 cm³/mol. The van der Waals surface area contributed by atoms with Crippen LogP contribution < -0.4 is 9.47 Å². The predicted octanol–water partition coefficient (Wildman–Crippen LogP) is 5.16. The molecular formula is C27H31NO5. The number of ether oxygens (including phenoxy) is 2. The van der Waals surface area contributed by atoms with E-state index in [0.29, 0.717) is 17.9 Å². The van der Waals surface area contributed by atoms with E-state index in [1.165, 1.54) is 0 Å². The zero-order chi connectivity index (χ0) is 23.5. The van der Waals surface area contributed by atoms with E-state index in [4.69, 9.17) is 9.47 Å². The van der Waals surface area contributed by atoms with Crippen LogP contribution in [0.25, 0.3) is 5.76 Å². The Bertz CT molecular complexity index is 1070. The van der Waals surface area contributed by atoms with Crippen LogP contribution in [0.3, 0.4) is 0 Å². The summed E-state index contributed by atoms with van der Waals surface area (Å²) < 4.78 is 11.0. The number of aryl methyl sites for hydroxylation is 1. The molecule has 1 unspecified atom stereocenters. The number of rotatable bonds is 7. The molecule has 1 aliphatic carbocycles. The maximum Gasteiger partial charge on any atom is 0.295 e. The summed E-state index contributed by atoms with van der Waals surface area (Å²) in [7, 11) is 1.58. The van der Waals surface area contributed by atoms with Crippen LogP contribution >= 0.6 is 0 Å². The van der Waals surface area contributed by atoms with Gasteiger partial charge in [-0.3, -0.25) is 9.59 Å². The minimum Gasteiger partial charge on any atom is -0.507 e. The number of methoxy groups -OCH3 is 1. The minimum atomic E-state index is -0.633. The molecule has 2 aromatic rings. The van der Waals surface area contributed by atoms with Crippen LogP contribution in [0.4, 0.5) is 0 Å². The number of carbonyl (C=O) groups excluding carboxylic acids is 2. The minimum absolute atomic E-state index is 0.00951. The molecule has 0 aromatic heterocycles. The Labute approximate surface area is 194 Å². The average Bonchev–Trinajstić information content (AvgIpc) is 3.44. The standard InChI is InChI=1S/C27H31NO5/c1-4-15-33-20-11-9-18(10-12-20)24-23(25(29)22-14-13-21(32-3)16-17(22)2)26(30)27(31)28(24)19-7-5-6-8-19/h9-14,16,19,24,29H,4-8,15H2,1-3H3/b25-23-. The normalized spacial score (nSPS) is 20.5. The van der Waals surface area contributed by atoms with Crippen molar-refractivity contribution in [1.29, 1.82) is 0 Å². The Hall–Kier alpha value is -3.28. The number of hydrogen-bond acceptors (Lipinski definition) is 5. The Balaban J connectivity index is 1.82. The third-order valence-corrected chi connectivity index (χ3v) is 6.56. The maximum absolute atomic E-state index is 13.3. The molecule has 0 spiro atoms. The van der Waals surface area contributed by atoms with Crippen molar-refractivity contribution in [1.82, 2.24) is 4.90 Å². The zero-order valence-corrected chi connectivity index (χ0v) is 19.5. The van der Waals surface area contributed by atoms with Crippen LogP contribution in [0.1, 0.15) is 61.8 Å². The van der Waals surface area contributed by atoms with Crippen molar-refractivity contribution in [3.05, 3.63) is 64.7 Å². The van der Waals surface area contributed by atoms with Crippen molar-refractivity contribution >= 4 is 17.4 Å². The van der Waals surface area contributed by atoms with Gasteiger partial charge in [0.2, 0.25) is 0 Å². The molecule has 6 nitrogen and oxygen atoms in total. The lowest BCUT2D eigenvalue weighted by Crippen LogP contribution is -2.37. The van der Waals surface area contributed by atoms with Gasteiger partial charge in [0.15, 0.2) is 0 Å². The lowest BCUT2D eigenvalue weighted by molar-refractivity contribution is -0.141. The van der Waals surface area contributed by atoms with Gasteiger partial charge >= 0.3 is 0 Å². The number of nitrogens with zero attached hydrogens (tertiary/aromatic N) is 1. The van der Waals surface area contributed by atoms with E-state index in [1.807, 2.05) is 38.1 Å². The van der Waals surface area contributed by atoms with Gasteiger partial charge in [-0.05, 0) is 67.6 Å². The quantitative estimate of drug-likeness (QED) is 0.359. The first-order valence-corrected chi connectivity index (χ1v) is 11.6. The highest BCUT2D eigenvalue weighted by Gasteiger charge is 2.49. The Kier molecular flexibility index (Phi) is 6.72. The molecule has 6 heteroatoms. The molecule has 2 aliphatic rings. The molecule has 1 N–H and O–H groups in total. The van der Waals surface area contributed by atoms with Gasteiger partial charge in [-0.2, -0.15) is 0 Å². The first kappa shape index (κ1) is 22.9. The second-order valence-corrected chi connectivity index (χ2v) is 8.74. The molecule has 1 saturated carbocycles. The summed E-state index contributed by atoms with van der Waals surface area (Å²) in [5.41, 5.74) is 2.22. The number of aliphatic hydroxyl groups is 1. The number of Topliss-reactive ketones (excluding diaryl/α,β-unsaturated/α-hetero) is 1. The van der Waals surface area contributed by atoms with Gasteiger partial charge in [-0.25, -0.2) is 0 Å². The molecule has 0 radical (unpaired) electrons. The number of amides is 1. The molecule has 0 bridgehead atoms.